The van der Waals surface area contributed by atoms with E-state index in [2.05, 4.69) is 27.6 Å². The minimum Gasteiger partial charge on any atom is -0.375 e. The van der Waals surface area contributed by atoms with E-state index in [1.165, 1.54) is 12.1 Å². The maximum Gasteiger partial charge on any atom is 0.184 e. The molecular formula is C19H19ClF3N5S. The molecule has 2 aromatic carbocycles. The maximum absolute atomic E-state index is 14.5. The van der Waals surface area contributed by atoms with E-state index >= 15 is 0 Å². The van der Waals surface area contributed by atoms with Gasteiger partial charge in [-0.05, 0) is 36.0 Å². The number of piperazine rings is 1. The second kappa shape index (κ2) is 9.43. The second-order valence-corrected chi connectivity index (χ2v) is 7.41. The number of nitrogens with one attached hydrogen (secondary N) is 1. The van der Waals surface area contributed by atoms with Crippen LogP contribution in [0.2, 0.25) is 5.02 Å². The molecule has 29 heavy (non-hydrogen) atoms. The minimum atomic E-state index is -0.601. The van der Waals surface area contributed by atoms with Gasteiger partial charge in [-0.1, -0.05) is 17.7 Å². The molecule has 10 heteroatoms. The van der Waals surface area contributed by atoms with Gasteiger partial charge in [-0.2, -0.15) is 5.10 Å². The lowest BCUT2D eigenvalue weighted by Gasteiger charge is -2.36. The first-order valence-corrected chi connectivity index (χ1v) is 9.61. The van der Waals surface area contributed by atoms with Gasteiger partial charge in [0.15, 0.2) is 5.11 Å². The molecular weight excluding hydrogens is 423 g/mol. The van der Waals surface area contributed by atoms with Gasteiger partial charge in [-0.15, -0.1) is 0 Å². The van der Waals surface area contributed by atoms with Crippen molar-refractivity contribution in [2.45, 2.75) is 6.54 Å². The van der Waals surface area contributed by atoms with Gasteiger partial charge in [0.25, 0.3) is 0 Å². The number of halogens is 4. The Bertz CT molecular complexity index is 932. The highest BCUT2D eigenvalue weighted by Crippen LogP contribution is 2.25. The van der Waals surface area contributed by atoms with Gasteiger partial charge in [-0.3, -0.25) is 10.3 Å². The van der Waals surface area contributed by atoms with Crippen molar-refractivity contribution < 1.29 is 13.2 Å². The zero-order chi connectivity index (χ0) is 21.0. The third-order valence-electron chi connectivity index (χ3n) is 4.57. The second-order valence-electron chi connectivity index (χ2n) is 6.56. The highest BCUT2D eigenvalue weighted by atomic mass is 35.5. The van der Waals surface area contributed by atoms with Gasteiger partial charge in [0, 0.05) is 49.4 Å². The first-order valence-electron chi connectivity index (χ1n) is 8.82. The van der Waals surface area contributed by atoms with E-state index in [1.807, 2.05) is 0 Å². The van der Waals surface area contributed by atoms with Gasteiger partial charge in [-0.25, -0.2) is 13.2 Å². The summed E-state index contributed by atoms with van der Waals surface area (Å²) in [5, 5.41) is 3.95. The SMILES string of the molecule is NC(=S)N/N=C/c1cc(F)c(N2CCN(Cc3ccc(F)cc3Cl)CC2)cc1F. The van der Waals surface area contributed by atoms with Crippen LogP contribution in [-0.4, -0.2) is 42.4 Å². The predicted octanol–water partition coefficient (Wildman–Crippen LogP) is 3.25. The van der Waals surface area contributed by atoms with Crippen molar-refractivity contribution in [3.63, 3.8) is 0 Å². The molecule has 2 aromatic rings. The third kappa shape index (κ3) is 5.59. The van der Waals surface area contributed by atoms with Gasteiger partial charge in [0.05, 0.1) is 11.9 Å². The number of benzene rings is 2. The number of nitrogens with two attached hydrogens (primary N) is 1. The monoisotopic (exact) mass is 441 g/mol. The summed E-state index contributed by atoms with van der Waals surface area (Å²) in [6.45, 7) is 2.87. The Morgan fingerprint density at radius 1 is 1.14 bits per heavy atom. The van der Waals surface area contributed by atoms with Crippen LogP contribution in [0.4, 0.5) is 18.9 Å². The molecule has 0 atom stereocenters. The fourth-order valence-electron chi connectivity index (χ4n) is 3.10. The molecule has 1 saturated heterocycles. The van der Waals surface area contributed by atoms with Crippen molar-refractivity contribution in [3.8, 4) is 0 Å². The van der Waals surface area contributed by atoms with Gasteiger partial charge in [0.2, 0.25) is 0 Å². The van der Waals surface area contributed by atoms with Crippen LogP contribution >= 0.6 is 23.8 Å². The molecule has 1 aliphatic heterocycles. The quantitative estimate of drug-likeness (QED) is 0.424. The van der Waals surface area contributed by atoms with Crippen molar-refractivity contribution in [1.29, 1.82) is 0 Å². The van der Waals surface area contributed by atoms with E-state index in [-0.39, 0.29) is 22.2 Å². The molecule has 0 spiro atoms. The smallest absolute Gasteiger partial charge is 0.184 e. The molecule has 0 unspecified atom stereocenters. The van der Waals surface area contributed by atoms with Crippen molar-refractivity contribution in [2.75, 3.05) is 31.1 Å². The Morgan fingerprint density at radius 2 is 1.86 bits per heavy atom. The third-order valence-corrected chi connectivity index (χ3v) is 5.01. The number of anilines is 1. The lowest BCUT2D eigenvalue weighted by Crippen LogP contribution is -2.46. The van der Waals surface area contributed by atoms with Crippen LogP contribution < -0.4 is 16.1 Å². The zero-order valence-corrected chi connectivity index (χ0v) is 16.9. The summed E-state index contributed by atoms with van der Waals surface area (Å²) in [6.07, 6.45) is 1.12. The van der Waals surface area contributed by atoms with E-state index in [9.17, 15) is 13.2 Å². The largest absolute Gasteiger partial charge is 0.375 e. The number of rotatable bonds is 5. The summed E-state index contributed by atoms with van der Waals surface area (Å²) in [4.78, 5) is 3.92. The number of hydrazone groups is 1. The summed E-state index contributed by atoms with van der Waals surface area (Å²) in [5.74, 6) is -1.52. The normalized spacial score (nSPS) is 15.1. The lowest BCUT2D eigenvalue weighted by molar-refractivity contribution is 0.249. The Hall–Kier alpha value is -2.36. The van der Waals surface area contributed by atoms with Gasteiger partial charge >= 0.3 is 0 Å². The lowest BCUT2D eigenvalue weighted by atomic mass is 10.1. The minimum absolute atomic E-state index is 0.0143. The van der Waals surface area contributed by atoms with Crippen LogP contribution in [0.25, 0.3) is 0 Å². The number of hydrogen-bond donors (Lipinski definition) is 2. The van der Waals surface area contributed by atoms with Crippen LogP contribution in [0, 0.1) is 17.5 Å². The summed E-state index contributed by atoms with van der Waals surface area (Å²) < 4.78 is 42.0. The van der Waals surface area contributed by atoms with E-state index in [0.717, 1.165) is 23.9 Å². The van der Waals surface area contributed by atoms with Crippen LogP contribution in [-0.2, 0) is 6.54 Å². The van der Waals surface area contributed by atoms with Gasteiger partial charge in [0.1, 0.15) is 17.5 Å². The first-order chi connectivity index (χ1) is 13.8. The molecule has 0 bridgehead atoms. The van der Waals surface area contributed by atoms with E-state index < -0.39 is 11.6 Å². The number of hydrogen-bond acceptors (Lipinski definition) is 4. The maximum atomic E-state index is 14.5. The molecule has 0 aliphatic carbocycles. The van der Waals surface area contributed by atoms with E-state index in [1.54, 1.807) is 11.0 Å². The highest BCUT2D eigenvalue weighted by Gasteiger charge is 2.21. The predicted molar refractivity (Wildman–Crippen MR) is 113 cm³/mol. The average Bonchev–Trinajstić information content (AvgIpc) is 2.67. The van der Waals surface area contributed by atoms with Crippen molar-refractivity contribution in [1.82, 2.24) is 10.3 Å². The fourth-order valence-corrected chi connectivity index (χ4v) is 3.38. The van der Waals surface area contributed by atoms with Crippen LogP contribution in [0.15, 0.2) is 35.4 Å². The van der Waals surface area contributed by atoms with Crippen LogP contribution in [0.1, 0.15) is 11.1 Å². The summed E-state index contributed by atoms with van der Waals surface area (Å²) in [6, 6.07) is 6.55. The molecule has 0 saturated carbocycles. The Morgan fingerprint density at radius 3 is 2.52 bits per heavy atom. The first kappa shape index (κ1) is 21.4. The van der Waals surface area contributed by atoms with Gasteiger partial charge < -0.3 is 10.6 Å². The van der Waals surface area contributed by atoms with Crippen molar-refractivity contribution >= 4 is 40.8 Å². The molecule has 154 valence electrons. The van der Waals surface area contributed by atoms with Crippen LogP contribution in [0.5, 0.6) is 0 Å². The Balaban J connectivity index is 1.63. The zero-order valence-electron chi connectivity index (χ0n) is 15.3. The molecule has 0 amide bonds. The fraction of sp³-hybridized carbons (Fsp3) is 0.263. The molecule has 1 aliphatic rings. The number of nitrogens with zero attached hydrogens (tertiary/aromatic N) is 3. The average molecular weight is 442 g/mol. The van der Waals surface area contributed by atoms with E-state index in [4.69, 9.17) is 17.3 Å². The Kier molecular flexibility index (Phi) is 6.94. The van der Waals surface area contributed by atoms with E-state index in [0.29, 0.717) is 37.7 Å². The van der Waals surface area contributed by atoms with Crippen LogP contribution in [0.3, 0.4) is 0 Å². The molecule has 3 rings (SSSR count). The highest BCUT2D eigenvalue weighted by molar-refractivity contribution is 7.80. The molecule has 0 aromatic heterocycles. The Labute approximate surface area is 176 Å². The molecule has 0 radical (unpaired) electrons. The van der Waals surface area contributed by atoms with Crippen molar-refractivity contribution in [3.05, 3.63) is 63.9 Å². The number of thiocarbonyl (C=S) groups is 1. The molecule has 1 fully saturated rings. The molecule has 1 heterocycles. The topological polar surface area (TPSA) is 56.9 Å². The van der Waals surface area contributed by atoms with Crippen molar-refractivity contribution in [2.24, 2.45) is 10.8 Å². The summed E-state index contributed by atoms with van der Waals surface area (Å²) >= 11 is 10.7. The summed E-state index contributed by atoms with van der Waals surface area (Å²) in [7, 11) is 0. The standard InChI is InChI=1S/C19H19ClF3N5S/c20-15-8-14(21)2-1-12(15)11-27-3-5-28(6-4-27)18-9-16(22)13(7-17(18)23)10-25-26-19(24)29/h1-2,7-10H,3-6,11H2,(H3,24,26,29)/b25-10+. The molecule has 3 N–H and O–H groups in total. The summed E-state index contributed by atoms with van der Waals surface area (Å²) in [5.41, 5.74) is 8.53. The molecule has 5 nitrogen and oxygen atoms in total.